The Balaban J connectivity index is 1.49. The van der Waals surface area contributed by atoms with Gasteiger partial charge in [-0.3, -0.25) is 9.78 Å². The molecule has 3 heterocycles. The molecule has 0 bridgehead atoms. The molecule has 25 heavy (non-hydrogen) atoms. The molecule has 0 fully saturated rings. The predicted molar refractivity (Wildman–Crippen MR) is 86.6 cm³/mol. The minimum atomic E-state index is -0.449. The quantitative estimate of drug-likeness (QED) is 0.778. The molecule has 0 saturated heterocycles. The number of hydrogen-bond donors (Lipinski definition) is 1. The van der Waals surface area contributed by atoms with Gasteiger partial charge in [-0.15, -0.1) is 0 Å². The lowest BCUT2D eigenvalue weighted by Gasteiger charge is -2.11. The Morgan fingerprint density at radius 1 is 1.24 bits per heavy atom. The van der Waals surface area contributed by atoms with E-state index in [-0.39, 0.29) is 11.7 Å². The summed E-state index contributed by atoms with van der Waals surface area (Å²) in [5, 5.41) is 10.8. The largest absolute Gasteiger partial charge is 0.350 e. The third-order valence-corrected chi connectivity index (χ3v) is 4.25. The maximum absolute atomic E-state index is 12.5. The van der Waals surface area contributed by atoms with Gasteiger partial charge in [0.1, 0.15) is 6.04 Å². The molecule has 0 aliphatic heterocycles. The molecular formula is C17H17N5O3. The molecule has 4 rings (SSSR count). The van der Waals surface area contributed by atoms with Gasteiger partial charge in [-0.25, -0.2) is 0 Å². The summed E-state index contributed by atoms with van der Waals surface area (Å²) in [4.78, 5) is 20.8. The predicted octanol–water partition coefficient (Wildman–Crippen LogP) is 2.49. The second-order valence-electron chi connectivity index (χ2n) is 6.04. The topological polar surface area (TPSA) is 107 Å². The lowest BCUT2D eigenvalue weighted by atomic mass is 9.96. The normalized spacial score (nSPS) is 14.8. The van der Waals surface area contributed by atoms with Crippen molar-refractivity contribution in [3.63, 3.8) is 0 Å². The zero-order chi connectivity index (χ0) is 17.2. The first-order chi connectivity index (χ1) is 12.2. The Bertz CT molecular complexity index is 887. The molecular weight excluding hydrogens is 322 g/mol. The summed E-state index contributed by atoms with van der Waals surface area (Å²) in [6, 6.07) is 3.18. The van der Waals surface area contributed by atoms with Gasteiger partial charge in [0.25, 0.3) is 5.91 Å². The van der Waals surface area contributed by atoms with Crippen molar-refractivity contribution in [2.24, 2.45) is 0 Å². The number of nitrogens with zero attached hydrogens (tertiary/aromatic N) is 4. The second kappa shape index (κ2) is 6.46. The van der Waals surface area contributed by atoms with E-state index in [0.717, 1.165) is 42.5 Å². The van der Waals surface area contributed by atoms with Crippen LogP contribution in [0.4, 0.5) is 0 Å². The van der Waals surface area contributed by atoms with Crippen molar-refractivity contribution in [1.29, 1.82) is 0 Å². The fraction of sp³-hybridized carbons (Fsp3) is 0.353. The number of carbonyl (C=O) groups is 1. The summed E-state index contributed by atoms with van der Waals surface area (Å²) in [5.41, 5.74) is 2.55. The molecule has 3 aromatic rings. The highest BCUT2D eigenvalue weighted by Gasteiger charge is 2.26. The molecule has 128 valence electrons. The number of amides is 1. The van der Waals surface area contributed by atoms with Crippen LogP contribution in [0.2, 0.25) is 0 Å². The summed E-state index contributed by atoms with van der Waals surface area (Å²) >= 11 is 0. The number of pyridine rings is 1. The van der Waals surface area contributed by atoms with Crippen molar-refractivity contribution in [2.45, 2.75) is 38.6 Å². The first-order valence-electron chi connectivity index (χ1n) is 8.24. The van der Waals surface area contributed by atoms with Crippen LogP contribution in [0, 0.1) is 0 Å². The van der Waals surface area contributed by atoms with E-state index >= 15 is 0 Å². The van der Waals surface area contributed by atoms with E-state index in [1.807, 2.05) is 6.07 Å². The Hall–Kier alpha value is -3.03. The van der Waals surface area contributed by atoms with Gasteiger partial charge in [0.2, 0.25) is 17.5 Å². The fourth-order valence-corrected chi connectivity index (χ4v) is 2.92. The minimum Gasteiger partial charge on any atom is -0.350 e. The van der Waals surface area contributed by atoms with E-state index in [0.29, 0.717) is 11.7 Å². The molecule has 3 aromatic heterocycles. The van der Waals surface area contributed by atoms with E-state index in [9.17, 15) is 4.79 Å². The molecule has 1 aliphatic carbocycles. The third-order valence-electron chi connectivity index (χ3n) is 4.25. The Labute approximate surface area is 143 Å². The molecule has 8 nitrogen and oxygen atoms in total. The molecule has 1 amide bonds. The van der Waals surface area contributed by atoms with Crippen molar-refractivity contribution in [3.8, 4) is 11.4 Å². The summed E-state index contributed by atoms with van der Waals surface area (Å²) in [5.74, 6) is 0.722. The summed E-state index contributed by atoms with van der Waals surface area (Å²) in [6.07, 6.45) is 7.13. The van der Waals surface area contributed by atoms with Gasteiger partial charge in [-0.05, 0) is 44.7 Å². The van der Waals surface area contributed by atoms with E-state index in [1.54, 1.807) is 25.4 Å². The maximum atomic E-state index is 12.5. The molecule has 0 saturated carbocycles. The van der Waals surface area contributed by atoms with Crippen molar-refractivity contribution < 1.29 is 13.8 Å². The zero-order valence-corrected chi connectivity index (χ0v) is 13.7. The van der Waals surface area contributed by atoms with Crippen LogP contribution in [0.1, 0.15) is 53.5 Å². The Morgan fingerprint density at radius 2 is 2.12 bits per heavy atom. The standard InChI is InChI=1S/C17H17N5O3/c1-10(17-20-15(22-25-17)11-5-4-8-18-9-11)19-16(23)14-12-6-2-3-7-13(12)21-24-14/h4-5,8-10H,2-3,6-7H2,1H3,(H,19,23)/t10-/m1/s1. The van der Waals surface area contributed by atoms with Crippen LogP contribution in [0.25, 0.3) is 11.4 Å². The van der Waals surface area contributed by atoms with Gasteiger partial charge in [0.15, 0.2) is 0 Å². The Morgan fingerprint density at radius 3 is 2.96 bits per heavy atom. The molecule has 8 heteroatoms. The van der Waals surface area contributed by atoms with Gasteiger partial charge in [0, 0.05) is 23.5 Å². The number of fused-ring (bicyclic) bond motifs is 1. The maximum Gasteiger partial charge on any atom is 0.290 e. The van der Waals surface area contributed by atoms with Crippen molar-refractivity contribution in [1.82, 2.24) is 25.6 Å². The van der Waals surface area contributed by atoms with Crippen molar-refractivity contribution in [2.75, 3.05) is 0 Å². The first kappa shape index (κ1) is 15.5. The smallest absolute Gasteiger partial charge is 0.290 e. The lowest BCUT2D eigenvalue weighted by Crippen LogP contribution is -2.27. The highest BCUT2D eigenvalue weighted by Crippen LogP contribution is 2.24. The van der Waals surface area contributed by atoms with Crippen LogP contribution in [0.15, 0.2) is 33.6 Å². The number of aromatic nitrogens is 4. The minimum absolute atomic E-state index is 0.286. The van der Waals surface area contributed by atoms with Gasteiger partial charge in [0.05, 0.1) is 5.69 Å². The number of rotatable bonds is 4. The second-order valence-corrected chi connectivity index (χ2v) is 6.04. The van der Waals surface area contributed by atoms with E-state index in [2.05, 4.69) is 25.6 Å². The van der Waals surface area contributed by atoms with E-state index in [1.165, 1.54) is 0 Å². The molecule has 1 aliphatic rings. The molecule has 0 radical (unpaired) electrons. The number of aryl methyl sites for hydroxylation is 1. The SMILES string of the molecule is C[C@@H](NC(=O)c1onc2c1CCCC2)c1nc(-c2cccnc2)no1. The van der Waals surface area contributed by atoms with Gasteiger partial charge < -0.3 is 14.4 Å². The highest BCUT2D eigenvalue weighted by molar-refractivity contribution is 5.93. The summed E-state index contributed by atoms with van der Waals surface area (Å²) in [7, 11) is 0. The lowest BCUT2D eigenvalue weighted by molar-refractivity contribution is 0.0894. The van der Waals surface area contributed by atoms with Crippen LogP contribution in [-0.2, 0) is 12.8 Å². The first-order valence-corrected chi connectivity index (χ1v) is 8.24. The number of nitrogens with one attached hydrogen (secondary N) is 1. The summed E-state index contributed by atoms with van der Waals surface area (Å²) < 4.78 is 10.5. The zero-order valence-electron chi connectivity index (χ0n) is 13.7. The molecule has 0 aromatic carbocycles. The molecule has 1 N–H and O–H groups in total. The van der Waals surface area contributed by atoms with Crippen LogP contribution >= 0.6 is 0 Å². The highest BCUT2D eigenvalue weighted by atomic mass is 16.5. The monoisotopic (exact) mass is 339 g/mol. The summed E-state index contributed by atoms with van der Waals surface area (Å²) in [6.45, 7) is 1.78. The van der Waals surface area contributed by atoms with Crippen molar-refractivity contribution in [3.05, 3.63) is 47.4 Å². The van der Waals surface area contributed by atoms with E-state index < -0.39 is 6.04 Å². The van der Waals surface area contributed by atoms with Crippen LogP contribution in [0.3, 0.4) is 0 Å². The third kappa shape index (κ3) is 3.02. The van der Waals surface area contributed by atoms with Crippen LogP contribution in [0.5, 0.6) is 0 Å². The molecule has 0 unspecified atom stereocenters. The average molecular weight is 339 g/mol. The number of hydrogen-bond acceptors (Lipinski definition) is 7. The number of carbonyl (C=O) groups excluding carboxylic acids is 1. The average Bonchev–Trinajstić information content (AvgIpc) is 3.30. The van der Waals surface area contributed by atoms with Gasteiger partial charge in [-0.2, -0.15) is 4.98 Å². The van der Waals surface area contributed by atoms with Crippen molar-refractivity contribution >= 4 is 5.91 Å². The van der Waals surface area contributed by atoms with E-state index in [4.69, 9.17) is 9.05 Å². The van der Waals surface area contributed by atoms with Crippen LogP contribution < -0.4 is 5.32 Å². The molecule has 1 atom stereocenters. The van der Waals surface area contributed by atoms with Gasteiger partial charge >= 0.3 is 0 Å². The fourth-order valence-electron chi connectivity index (χ4n) is 2.92. The Kier molecular flexibility index (Phi) is 4.01. The van der Waals surface area contributed by atoms with Gasteiger partial charge in [-0.1, -0.05) is 10.3 Å². The van der Waals surface area contributed by atoms with Crippen LogP contribution in [-0.4, -0.2) is 26.2 Å². The molecule has 0 spiro atoms.